The first-order valence-electron chi connectivity index (χ1n) is 11.0. The van der Waals surface area contributed by atoms with Crippen LogP contribution in [0.25, 0.3) is 0 Å². The molecule has 0 N–H and O–H groups in total. The van der Waals surface area contributed by atoms with Crippen molar-refractivity contribution >= 4 is 35.1 Å². The molecule has 178 valence electrons. The molecule has 0 aliphatic carbocycles. The van der Waals surface area contributed by atoms with Gasteiger partial charge in [-0.25, -0.2) is 9.59 Å². The van der Waals surface area contributed by atoms with E-state index in [1.807, 2.05) is 31.2 Å². The van der Waals surface area contributed by atoms with Crippen LogP contribution in [0.3, 0.4) is 0 Å². The molecule has 35 heavy (non-hydrogen) atoms. The van der Waals surface area contributed by atoms with Crippen LogP contribution in [0.15, 0.2) is 97.1 Å². The number of hydrogen-bond donors (Lipinski definition) is 0. The lowest BCUT2D eigenvalue weighted by atomic mass is 10.1. The Morgan fingerprint density at radius 3 is 1.43 bits per heavy atom. The Labute approximate surface area is 215 Å². The second-order valence-electron chi connectivity index (χ2n) is 7.56. The fourth-order valence-electron chi connectivity index (χ4n) is 2.94. The van der Waals surface area contributed by atoms with Crippen molar-refractivity contribution in [1.82, 2.24) is 0 Å². The highest BCUT2D eigenvalue weighted by molar-refractivity contribution is 6.32. The number of hydrogen-bond acceptors (Lipinski definition) is 4. The van der Waals surface area contributed by atoms with E-state index in [0.29, 0.717) is 32.7 Å². The molecule has 0 aromatic heterocycles. The van der Waals surface area contributed by atoms with Crippen LogP contribution >= 0.6 is 23.2 Å². The number of halogens is 2. The van der Waals surface area contributed by atoms with E-state index in [9.17, 15) is 9.59 Å². The fourth-order valence-corrected chi connectivity index (χ4v) is 3.29. The Morgan fingerprint density at radius 1 is 0.629 bits per heavy atom. The highest BCUT2D eigenvalue weighted by Gasteiger charge is 2.11. The average Bonchev–Trinajstić information content (AvgIpc) is 2.87. The Bertz CT molecular complexity index is 1280. The molecule has 6 heteroatoms. The second-order valence-corrected chi connectivity index (χ2v) is 8.37. The van der Waals surface area contributed by atoms with E-state index in [4.69, 9.17) is 32.7 Å². The maximum atomic E-state index is 11.9. The Hall–Kier alpha value is -3.60. The topological polar surface area (TPSA) is 52.6 Å². The summed E-state index contributed by atoms with van der Waals surface area (Å²) in [4.78, 5) is 23.7. The van der Waals surface area contributed by atoms with Crippen LogP contribution in [0.1, 0.15) is 38.8 Å². The quantitative estimate of drug-likeness (QED) is 0.203. The normalized spacial score (nSPS) is 10.1. The number of carbonyl (C=O) groups excluding carboxylic acids is 2. The molecular formula is C29H24Cl2O4. The van der Waals surface area contributed by atoms with Crippen molar-refractivity contribution in [2.24, 2.45) is 0 Å². The van der Waals surface area contributed by atoms with Gasteiger partial charge in [-0.15, -0.1) is 0 Å². The van der Waals surface area contributed by atoms with E-state index in [-0.39, 0.29) is 0 Å². The monoisotopic (exact) mass is 506 g/mol. The van der Waals surface area contributed by atoms with Crippen LogP contribution in [-0.4, -0.2) is 11.9 Å². The fraction of sp³-hybridized carbons (Fsp3) is 0.103. The first-order chi connectivity index (χ1) is 16.9. The largest absolute Gasteiger partial charge is 0.421 e. The number of rotatable bonds is 5. The number of ether oxygens (including phenoxy) is 2. The summed E-state index contributed by atoms with van der Waals surface area (Å²) in [6.07, 6.45) is 0.944. The van der Waals surface area contributed by atoms with Gasteiger partial charge < -0.3 is 9.47 Å². The summed E-state index contributed by atoms with van der Waals surface area (Å²) < 4.78 is 10.4. The summed E-state index contributed by atoms with van der Waals surface area (Å²) in [5, 5.41) is 0.851. The minimum Gasteiger partial charge on any atom is -0.421 e. The predicted octanol–water partition coefficient (Wildman–Crippen LogP) is 7.99. The van der Waals surface area contributed by atoms with Gasteiger partial charge in [-0.1, -0.05) is 84.2 Å². The van der Waals surface area contributed by atoms with Gasteiger partial charge in [-0.05, 0) is 67.4 Å². The second kappa shape index (κ2) is 12.7. The van der Waals surface area contributed by atoms with Crippen molar-refractivity contribution in [3.8, 4) is 11.5 Å². The van der Waals surface area contributed by atoms with Crippen LogP contribution in [0.4, 0.5) is 0 Å². The van der Waals surface area contributed by atoms with Gasteiger partial charge in [0.2, 0.25) is 0 Å². The summed E-state index contributed by atoms with van der Waals surface area (Å²) in [6.45, 7) is 4.03. The zero-order valence-corrected chi connectivity index (χ0v) is 20.8. The molecule has 0 spiro atoms. The van der Waals surface area contributed by atoms with Crippen molar-refractivity contribution < 1.29 is 19.1 Å². The van der Waals surface area contributed by atoms with Crippen molar-refractivity contribution in [2.75, 3.05) is 0 Å². The van der Waals surface area contributed by atoms with Crippen LogP contribution in [0, 0.1) is 6.92 Å². The van der Waals surface area contributed by atoms with Crippen molar-refractivity contribution in [1.29, 1.82) is 0 Å². The van der Waals surface area contributed by atoms with Crippen LogP contribution in [0.2, 0.25) is 10.0 Å². The van der Waals surface area contributed by atoms with Gasteiger partial charge in [-0.3, -0.25) is 0 Å². The number of benzene rings is 4. The summed E-state index contributed by atoms with van der Waals surface area (Å²) in [5.41, 5.74) is 3.31. The maximum absolute atomic E-state index is 11.9. The van der Waals surface area contributed by atoms with Crippen LogP contribution < -0.4 is 9.47 Å². The summed E-state index contributed by atoms with van der Waals surface area (Å²) in [7, 11) is 0. The molecule has 0 bridgehead atoms. The molecule has 0 aliphatic rings. The molecule has 0 fully saturated rings. The maximum Gasteiger partial charge on any atom is 0.343 e. The lowest BCUT2D eigenvalue weighted by Crippen LogP contribution is -2.08. The Kier molecular flexibility index (Phi) is 9.47. The van der Waals surface area contributed by atoms with E-state index in [2.05, 4.69) is 6.92 Å². The van der Waals surface area contributed by atoms with Gasteiger partial charge >= 0.3 is 11.9 Å². The smallest absolute Gasteiger partial charge is 0.343 e. The number of para-hydroxylation sites is 2. The van der Waals surface area contributed by atoms with Gasteiger partial charge in [-0.2, -0.15) is 0 Å². The lowest BCUT2D eigenvalue weighted by Gasteiger charge is -2.06. The third-order valence-electron chi connectivity index (χ3n) is 4.96. The molecule has 0 radical (unpaired) electrons. The van der Waals surface area contributed by atoms with E-state index >= 15 is 0 Å². The molecule has 0 heterocycles. The molecule has 0 unspecified atom stereocenters. The molecule has 4 rings (SSSR count). The van der Waals surface area contributed by atoms with Gasteiger partial charge in [0.1, 0.15) is 11.5 Å². The zero-order chi connectivity index (χ0) is 25.2. The zero-order valence-electron chi connectivity index (χ0n) is 19.3. The Balaban J connectivity index is 0.000000196. The van der Waals surface area contributed by atoms with Gasteiger partial charge in [0, 0.05) is 0 Å². The summed E-state index contributed by atoms with van der Waals surface area (Å²) in [6, 6.07) is 28.4. The Morgan fingerprint density at radius 2 is 1.03 bits per heavy atom. The minimum atomic E-state index is -0.405. The highest BCUT2D eigenvalue weighted by atomic mass is 35.5. The molecule has 0 atom stereocenters. The van der Waals surface area contributed by atoms with Crippen LogP contribution in [0.5, 0.6) is 11.5 Å². The molecule has 0 saturated heterocycles. The molecule has 0 aliphatic heterocycles. The molecule has 4 nitrogen and oxygen atoms in total. The van der Waals surface area contributed by atoms with Crippen molar-refractivity contribution in [2.45, 2.75) is 20.3 Å². The molecule has 0 saturated carbocycles. The van der Waals surface area contributed by atoms with E-state index < -0.39 is 11.9 Å². The van der Waals surface area contributed by atoms with Crippen molar-refractivity contribution in [3.63, 3.8) is 0 Å². The van der Waals surface area contributed by atoms with Gasteiger partial charge in [0.25, 0.3) is 0 Å². The first-order valence-corrected chi connectivity index (χ1v) is 11.7. The van der Waals surface area contributed by atoms with Gasteiger partial charge in [0.15, 0.2) is 0 Å². The molecule has 4 aromatic carbocycles. The molecule has 0 amide bonds. The SMILES string of the molecule is CCc1ccc(C(=O)Oc2ccccc2Cl)cc1.Cc1ccc(C(=O)Oc2ccccc2Cl)cc1. The third kappa shape index (κ3) is 7.71. The van der Waals surface area contributed by atoms with E-state index in [0.717, 1.165) is 12.0 Å². The highest BCUT2D eigenvalue weighted by Crippen LogP contribution is 2.25. The van der Waals surface area contributed by atoms with Crippen molar-refractivity contribution in [3.05, 3.63) is 129 Å². The van der Waals surface area contributed by atoms with E-state index in [1.165, 1.54) is 5.56 Å². The third-order valence-corrected chi connectivity index (χ3v) is 5.59. The average molecular weight is 507 g/mol. The summed E-state index contributed by atoms with van der Waals surface area (Å²) >= 11 is 11.8. The number of aryl methyl sites for hydroxylation is 2. The van der Waals surface area contributed by atoms with Gasteiger partial charge in [0.05, 0.1) is 21.2 Å². The lowest BCUT2D eigenvalue weighted by molar-refractivity contribution is 0.0725. The summed E-state index contributed by atoms with van der Waals surface area (Å²) in [5.74, 6) is -0.0488. The number of esters is 2. The number of carbonyl (C=O) groups is 2. The molecule has 4 aromatic rings. The van der Waals surface area contributed by atoms with E-state index in [1.54, 1.807) is 72.8 Å². The minimum absolute atomic E-state index is 0.375. The first kappa shape index (κ1) is 26.0. The predicted molar refractivity (Wildman–Crippen MR) is 140 cm³/mol. The van der Waals surface area contributed by atoms with Crippen LogP contribution in [-0.2, 0) is 6.42 Å². The standard InChI is InChI=1S/C15H13ClO2.C14H11ClO2/c1-2-11-7-9-12(10-8-11)15(17)18-14-6-4-3-5-13(14)16;1-10-6-8-11(9-7-10)14(16)17-13-5-3-2-4-12(13)15/h3-10H,2H2,1H3;2-9H,1H3. The molecular weight excluding hydrogens is 483 g/mol.